The molecule has 1 saturated heterocycles. The van der Waals surface area contributed by atoms with Gasteiger partial charge in [0.25, 0.3) is 11.5 Å². The highest BCUT2D eigenvalue weighted by atomic mass is 16.2. The third-order valence-electron chi connectivity index (χ3n) is 6.28. The number of anilines is 1. The third-order valence-corrected chi connectivity index (χ3v) is 6.28. The highest BCUT2D eigenvalue weighted by Crippen LogP contribution is 2.33. The summed E-state index contributed by atoms with van der Waals surface area (Å²) in [5.74, 6) is -0.593. The fourth-order valence-corrected chi connectivity index (χ4v) is 4.57. The van der Waals surface area contributed by atoms with E-state index in [1.165, 1.54) is 11.0 Å². The molecule has 0 saturated carbocycles. The van der Waals surface area contributed by atoms with Crippen LogP contribution in [0, 0.1) is 18.3 Å². The Labute approximate surface area is 186 Å². The van der Waals surface area contributed by atoms with Gasteiger partial charge in [0.05, 0.1) is 5.92 Å². The molecular formula is C24H28N4O4. The lowest BCUT2D eigenvalue weighted by Crippen LogP contribution is -2.45. The average Bonchev–Trinajstić information content (AvgIpc) is 2.73. The van der Waals surface area contributed by atoms with E-state index in [1.807, 2.05) is 26.8 Å². The number of ketones is 1. The first kappa shape index (κ1) is 21.9. The fraction of sp³-hybridized carbons (Fsp3) is 0.458. The van der Waals surface area contributed by atoms with Crippen molar-refractivity contribution in [3.8, 4) is 0 Å². The molecule has 2 amide bonds. The third kappa shape index (κ3) is 4.35. The molecule has 3 heterocycles. The summed E-state index contributed by atoms with van der Waals surface area (Å²) in [4.78, 5) is 59.7. The number of fused-ring (bicyclic) bond motifs is 1. The molecule has 1 aliphatic carbocycles. The van der Waals surface area contributed by atoms with Crippen LogP contribution in [0.2, 0.25) is 0 Å². The molecule has 168 valence electrons. The number of nitrogens with one attached hydrogen (secondary N) is 2. The predicted molar refractivity (Wildman–Crippen MR) is 120 cm³/mol. The van der Waals surface area contributed by atoms with Crippen LogP contribution in [0.5, 0.6) is 0 Å². The van der Waals surface area contributed by atoms with E-state index < -0.39 is 17.4 Å². The normalized spacial score (nSPS) is 19.9. The van der Waals surface area contributed by atoms with E-state index in [-0.39, 0.29) is 29.2 Å². The Kier molecular flexibility index (Phi) is 5.71. The van der Waals surface area contributed by atoms with Gasteiger partial charge in [-0.2, -0.15) is 0 Å². The summed E-state index contributed by atoms with van der Waals surface area (Å²) in [6.45, 7) is 6.51. The molecule has 8 heteroatoms. The number of rotatable bonds is 3. The average molecular weight is 437 g/mol. The number of hydrogen-bond acceptors (Lipinski definition) is 5. The van der Waals surface area contributed by atoms with Crippen molar-refractivity contribution in [3.05, 3.63) is 57.1 Å². The molecule has 2 aromatic heterocycles. The van der Waals surface area contributed by atoms with E-state index >= 15 is 0 Å². The van der Waals surface area contributed by atoms with Crippen molar-refractivity contribution in [2.75, 3.05) is 18.4 Å². The van der Waals surface area contributed by atoms with Crippen LogP contribution < -0.4 is 10.9 Å². The molecular weight excluding hydrogens is 408 g/mol. The molecule has 1 fully saturated rings. The second-order valence-electron chi connectivity index (χ2n) is 9.59. The van der Waals surface area contributed by atoms with Crippen molar-refractivity contribution in [1.82, 2.24) is 14.9 Å². The van der Waals surface area contributed by atoms with Gasteiger partial charge in [-0.25, -0.2) is 4.98 Å². The maximum atomic E-state index is 13.2. The standard InChI is InChI=1S/C24H28N4O4/c1-14-6-4-8-25-20(14)27-21(30)15-7-5-9-28(13-15)23(32)17-10-16-18(26-22(17)31)11-24(2,3)12-19(16)29/h4,6,8,10,15H,5,7,9,11-13H2,1-3H3,(H,26,31)(H,25,27,30). The van der Waals surface area contributed by atoms with E-state index in [0.717, 1.165) is 5.56 Å². The van der Waals surface area contributed by atoms with Crippen LogP contribution in [0.3, 0.4) is 0 Å². The van der Waals surface area contributed by atoms with Gasteiger partial charge in [0.2, 0.25) is 5.91 Å². The molecule has 0 spiro atoms. The number of piperidine rings is 1. The number of amides is 2. The van der Waals surface area contributed by atoms with Crippen molar-refractivity contribution < 1.29 is 14.4 Å². The molecule has 1 aliphatic heterocycles. The molecule has 2 aliphatic rings. The number of Topliss-reactive ketones (excluding diaryl/α,β-unsaturated/α-hetero) is 1. The number of aromatic nitrogens is 2. The Hall–Kier alpha value is -3.29. The summed E-state index contributed by atoms with van der Waals surface area (Å²) >= 11 is 0. The number of aromatic amines is 1. The Bertz CT molecular complexity index is 1150. The van der Waals surface area contributed by atoms with Crippen molar-refractivity contribution in [2.45, 2.75) is 46.5 Å². The summed E-state index contributed by atoms with van der Waals surface area (Å²) in [6, 6.07) is 5.10. The van der Waals surface area contributed by atoms with Crippen LogP contribution in [0.15, 0.2) is 29.2 Å². The number of carbonyl (C=O) groups excluding carboxylic acids is 3. The van der Waals surface area contributed by atoms with E-state index in [2.05, 4.69) is 15.3 Å². The molecule has 2 N–H and O–H groups in total. The molecule has 32 heavy (non-hydrogen) atoms. The number of H-pyrrole nitrogens is 1. The highest BCUT2D eigenvalue weighted by molar-refractivity contribution is 6.02. The Morgan fingerprint density at radius 1 is 1.25 bits per heavy atom. The summed E-state index contributed by atoms with van der Waals surface area (Å²) in [5, 5.41) is 2.84. The van der Waals surface area contributed by atoms with E-state index in [4.69, 9.17) is 0 Å². The number of carbonyl (C=O) groups is 3. The quantitative estimate of drug-likeness (QED) is 0.768. The summed E-state index contributed by atoms with van der Waals surface area (Å²) in [7, 11) is 0. The van der Waals surface area contributed by atoms with Gasteiger partial charge < -0.3 is 15.2 Å². The van der Waals surface area contributed by atoms with Gasteiger partial charge in [0.1, 0.15) is 11.4 Å². The number of hydrogen-bond donors (Lipinski definition) is 2. The van der Waals surface area contributed by atoms with Crippen molar-refractivity contribution in [1.29, 1.82) is 0 Å². The zero-order valence-corrected chi connectivity index (χ0v) is 18.7. The smallest absolute Gasteiger partial charge is 0.261 e. The fourth-order valence-electron chi connectivity index (χ4n) is 4.57. The van der Waals surface area contributed by atoms with Crippen molar-refractivity contribution >= 4 is 23.4 Å². The molecule has 4 rings (SSSR count). The molecule has 0 bridgehead atoms. The molecule has 1 unspecified atom stereocenters. The molecule has 0 radical (unpaired) electrons. The van der Waals surface area contributed by atoms with Gasteiger partial charge in [-0.15, -0.1) is 0 Å². The first-order valence-electron chi connectivity index (χ1n) is 11.0. The summed E-state index contributed by atoms with van der Waals surface area (Å²) in [5.41, 5.74) is 1.11. The largest absolute Gasteiger partial charge is 0.338 e. The Morgan fingerprint density at radius 2 is 2.03 bits per heavy atom. The van der Waals surface area contributed by atoms with Crippen molar-refractivity contribution in [2.24, 2.45) is 11.3 Å². The summed E-state index contributed by atoms with van der Waals surface area (Å²) < 4.78 is 0. The maximum absolute atomic E-state index is 13.2. The van der Waals surface area contributed by atoms with Gasteiger partial charge in [-0.3, -0.25) is 19.2 Å². The zero-order valence-electron chi connectivity index (χ0n) is 18.7. The van der Waals surface area contributed by atoms with Crippen LogP contribution in [0.4, 0.5) is 5.82 Å². The monoisotopic (exact) mass is 436 g/mol. The minimum Gasteiger partial charge on any atom is -0.338 e. The van der Waals surface area contributed by atoms with Gasteiger partial charge in [0.15, 0.2) is 5.78 Å². The SMILES string of the molecule is Cc1cccnc1NC(=O)C1CCCN(C(=O)c2cc3c([nH]c2=O)CC(C)(C)CC3=O)C1. The first-order valence-corrected chi connectivity index (χ1v) is 11.0. The van der Waals surface area contributed by atoms with Crippen LogP contribution in [-0.4, -0.2) is 45.6 Å². The maximum Gasteiger partial charge on any atom is 0.261 e. The number of aryl methyl sites for hydroxylation is 1. The Morgan fingerprint density at radius 3 is 2.78 bits per heavy atom. The minimum absolute atomic E-state index is 0.0431. The highest BCUT2D eigenvalue weighted by Gasteiger charge is 2.34. The second-order valence-corrected chi connectivity index (χ2v) is 9.59. The number of pyridine rings is 2. The first-order chi connectivity index (χ1) is 15.1. The van der Waals surface area contributed by atoms with Crippen LogP contribution in [0.1, 0.15) is 65.1 Å². The lowest BCUT2D eigenvalue weighted by molar-refractivity contribution is -0.121. The zero-order chi connectivity index (χ0) is 23.0. The lowest BCUT2D eigenvalue weighted by atomic mass is 9.75. The Balaban J connectivity index is 1.52. The molecule has 2 aromatic rings. The van der Waals surface area contributed by atoms with Crippen LogP contribution in [-0.2, 0) is 11.2 Å². The van der Waals surface area contributed by atoms with Gasteiger partial charge in [0, 0.05) is 37.0 Å². The van der Waals surface area contributed by atoms with Gasteiger partial charge in [-0.1, -0.05) is 19.9 Å². The number of likely N-dealkylation sites (tertiary alicyclic amines) is 1. The van der Waals surface area contributed by atoms with Crippen molar-refractivity contribution in [3.63, 3.8) is 0 Å². The molecule has 8 nitrogen and oxygen atoms in total. The van der Waals surface area contributed by atoms with Crippen LogP contribution >= 0.6 is 0 Å². The van der Waals surface area contributed by atoms with Gasteiger partial charge >= 0.3 is 0 Å². The minimum atomic E-state index is -0.491. The van der Waals surface area contributed by atoms with E-state index in [0.29, 0.717) is 49.3 Å². The van der Waals surface area contributed by atoms with E-state index in [1.54, 1.807) is 12.3 Å². The molecule has 0 aromatic carbocycles. The molecule has 1 atom stereocenters. The number of nitrogens with zero attached hydrogens (tertiary/aromatic N) is 2. The predicted octanol–water partition coefficient (Wildman–Crippen LogP) is 2.72. The van der Waals surface area contributed by atoms with E-state index in [9.17, 15) is 19.2 Å². The summed E-state index contributed by atoms with van der Waals surface area (Å²) in [6.07, 6.45) is 3.87. The van der Waals surface area contributed by atoms with Gasteiger partial charge in [-0.05, 0) is 49.3 Å². The second kappa shape index (κ2) is 8.33. The lowest BCUT2D eigenvalue weighted by Gasteiger charge is -2.33. The topological polar surface area (TPSA) is 112 Å². The van der Waals surface area contributed by atoms with Crippen LogP contribution in [0.25, 0.3) is 0 Å².